The first kappa shape index (κ1) is 15.1. The van der Waals surface area contributed by atoms with E-state index >= 15 is 0 Å². The molecular weight excluding hydrogens is 300 g/mol. The van der Waals surface area contributed by atoms with Crippen LogP contribution in [-0.2, 0) is 0 Å². The molecule has 0 atom stereocenters. The molecule has 5 nitrogen and oxygen atoms in total. The Morgan fingerprint density at radius 1 is 1.50 bits per heavy atom. The molecule has 0 N–H and O–H groups in total. The van der Waals surface area contributed by atoms with E-state index in [9.17, 15) is 14.9 Å². The average Bonchev–Trinajstić information content (AvgIpc) is 2.36. The second-order valence-corrected chi connectivity index (χ2v) is 7.41. The summed E-state index contributed by atoms with van der Waals surface area (Å²) in [5.74, 6) is 0.609. The van der Waals surface area contributed by atoms with Gasteiger partial charge in [-0.15, -0.1) is 0 Å². The van der Waals surface area contributed by atoms with Crippen molar-refractivity contribution in [2.75, 3.05) is 18.8 Å². The molecule has 1 saturated heterocycles. The number of thioether (sulfide) groups is 1. The molecule has 1 aliphatic heterocycles. The van der Waals surface area contributed by atoms with Crippen LogP contribution in [0.15, 0.2) is 18.2 Å². The van der Waals surface area contributed by atoms with Gasteiger partial charge in [0, 0.05) is 29.7 Å². The van der Waals surface area contributed by atoms with Crippen molar-refractivity contribution in [2.24, 2.45) is 0 Å². The van der Waals surface area contributed by atoms with E-state index < -0.39 is 4.92 Å². The van der Waals surface area contributed by atoms with Crippen molar-refractivity contribution in [3.05, 3.63) is 38.9 Å². The van der Waals surface area contributed by atoms with E-state index in [1.165, 1.54) is 18.2 Å². The van der Waals surface area contributed by atoms with Crippen molar-refractivity contribution in [3.8, 4) is 0 Å². The van der Waals surface area contributed by atoms with Crippen molar-refractivity contribution in [2.45, 2.75) is 18.6 Å². The minimum absolute atomic E-state index is 0.0128. The third-order valence-electron chi connectivity index (χ3n) is 3.12. The van der Waals surface area contributed by atoms with Gasteiger partial charge in [0.2, 0.25) is 0 Å². The highest BCUT2D eigenvalue weighted by Gasteiger charge is 2.32. The number of carbonyl (C=O) groups excluding carboxylic acids is 1. The van der Waals surface area contributed by atoms with Gasteiger partial charge in [0.05, 0.1) is 10.5 Å². The van der Waals surface area contributed by atoms with Crippen LogP contribution in [-0.4, -0.2) is 39.3 Å². The first-order valence-electron chi connectivity index (χ1n) is 6.18. The number of benzene rings is 1. The van der Waals surface area contributed by atoms with Gasteiger partial charge < -0.3 is 4.90 Å². The van der Waals surface area contributed by atoms with Crippen LogP contribution in [0.1, 0.15) is 24.2 Å². The fraction of sp³-hybridized carbons (Fsp3) is 0.462. The molecule has 1 aliphatic rings. The summed E-state index contributed by atoms with van der Waals surface area (Å²) < 4.78 is -0.0128. The average molecular weight is 315 g/mol. The largest absolute Gasteiger partial charge is 0.336 e. The second kappa shape index (κ2) is 5.61. The molecule has 20 heavy (non-hydrogen) atoms. The van der Waals surface area contributed by atoms with E-state index in [0.717, 1.165) is 5.75 Å². The van der Waals surface area contributed by atoms with Gasteiger partial charge in [-0.25, -0.2) is 0 Å². The third-order valence-corrected chi connectivity index (χ3v) is 4.81. The van der Waals surface area contributed by atoms with Gasteiger partial charge in [0.1, 0.15) is 5.02 Å². The van der Waals surface area contributed by atoms with Gasteiger partial charge in [-0.2, -0.15) is 11.8 Å². The van der Waals surface area contributed by atoms with E-state index in [2.05, 4.69) is 13.8 Å². The summed E-state index contributed by atoms with van der Waals surface area (Å²) in [7, 11) is 0. The number of halogens is 1. The summed E-state index contributed by atoms with van der Waals surface area (Å²) in [5, 5.41) is 10.8. The molecule has 1 fully saturated rings. The molecule has 1 heterocycles. The lowest BCUT2D eigenvalue weighted by Crippen LogP contribution is -2.46. The predicted octanol–water partition coefficient (Wildman–Crippen LogP) is 3.22. The molecule has 0 radical (unpaired) electrons. The zero-order chi connectivity index (χ0) is 14.9. The van der Waals surface area contributed by atoms with Crippen LogP contribution in [0.3, 0.4) is 0 Å². The lowest BCUT2D eigenvalue weighted by atomic mass is 10.1. The van der Waals surface area contributed by atoms with Crippen LogP contribution >= 0.6 is 23.4 Å². The van der Waals surface area contributed by atoms with E-state index in [0.29, 0.717) is 13.1 Å². The van der Waals surface area contributed by atoms with Gasteiger partial charge in [-0.1, -0.05) is 17.7 Å². The van der Waals surface area contributed by atoms with E-state index in [4.69, 9.17) is 11.6 Å². The highest BCUT2D eigenvalue weighted by Crippen LogP contribution is 2.33. The van der Waals surface area contributed by atoms with Crippen LogP contribution < -0.4 is 0 Å². The fourth-order valence-corrected chi connectivity index (χ4v) is 3.57. The summed E-state index contributed by atoms with van der Waals surface area (Å²) in [6.45, 7) is 5.39. The molecule has 1 amide bonds. The zero-order valence-corrected chi connectivity index (χ0v) is 12.8. The molecule has 7 heteroatoms. The Morgan fingerprint density at radius 2 is 2.20 bits per heavy atom. The topological polar surface area (TPSA) is 63.5 Å². The lowest BCUT2D eigenvalue weighted by Gasteiger charge is -2.37. The maximum atomic E-state index is 12.5. The molecule has 0 bridgehead atoms. The second-order valence-electron chi connectivity index (χ2n) is 5.23. The quantitative estimate of drug-likeness (QED) is 0.621. The number of hydrogen-bond donors (Lipinski definition) is 0. The molecule has 0 saturated carbocycles. The normalized spacial score (nSPS) is 17.9. The lowest BCUT2D eigenvalue weighted by molar-refractivity contribution is -0.384. The van der Waals surface area contributed by atoms with Crippen molar-refractivity contribution < 1.29 is 9.72 Å². The molecule has 0 aliphatic carbocycles. The number of nitrogens with zero attached hydrogens (tertiary/aromatic N) is 2. The van der Waals surface area contributed by atoms with Crippen LogP contribution in [0.25, 0.3) is 0 Å². The number of nitro benzene ring substituents is 1. The zero-order valence-electron chi connectivity index (χ0n) is 11.3. The van der Waals surface area contributed by atoms with Crippen LogP contribution in [0, 0.1) is 10.1 Å². The number of nitro groups is 1. The van der Waals surface area contributed by atoms with Crippen molar-refractivity contribution in [1.82, 2.24) is 4.90 Å². The smallest absolute Gasteiger partial charge is 0.288 e. The highest BCUT2D eigenvalue weighted by molar-refractivity contribution is 8.00. The SMILES string of the molecule is CC1(C)CN(C(=O)c2cccc([N+](=O)[O-])c2Cl)CCS1. The minimum Gasteiger partial charge on any atom is -0.336 e. The van der Waals surface area contributed by atoms with Gasteiger partial charge in [0.15, 0.2) is 0 Å². The third kappa shape index (κ3) is 3.07. The van der Waals surface area contributed by atoms with Gasteiger partial charge in [0.25, 0.3) is 11.6 Å². The Bertz CT molecular complexity index is 563. The van der Waals surface area contributed by atoms with Crippen LogP contribution in [0.2, 0.25) is 5.02 Å². The molecule has 0 aromatic heterocycles. The Kier molecular flexibility index (Phi) is 4.25. The number of hydrogen-bond acceptors (Lipinski definition) is 4. The van der Waals surface area contributed by atoms with Crippen molar-refractivity contribution in [3.63, 3.8) is 0 Å². The van der Waals surface area contributed by atoms with Gasteiger partial charge in [-0.3, -0.25) is 14.9 Å². The Morgan fingerprint density at radius 3 is 2.80 bits per heavy atom. The van der Waals surface area contributed by atoms with Gasteiger partial charge >= 0.3 is 0 Å². The Hall–Kier alpha value is -1.27. The highest BCUT2D eigenvalue weighted by atomic mass is 35.5. The monoisotopic (exact) mass is 314 g/mol. The van der Waals surface area contributed by atoms with E-state index in [1.807, 2.05) is 11.8 Å². The molecular formula is C13H15ClN2O3S. The van der Waals surface area contributed by atoms with Crippen LogP contribution in [0.5, 0.6) is 0 Å². The summed E-state index contributed by atoms with van der Waals surface area (Å²) in [6.07, 6.45) is 0. The maximum absolute atomic E-state index is 12.5. The number of rotatable bonds is 2. The first-order chi connectivity index (χ1) is 9.32. The molecule has 0 spiro atoms. The van der Waals surface area contributed by atoms with Crippen molar-refractivity contribution in [1.29, 1.82) is 0 Å². The summed E-state index contributed by atoms with van der Waals surface area (Å²) in [5.41, 5.74) is -0.0354. The fourth-order valence-electron chi connectivity index (χ4n) is 2.19. The summed E-state index contributed by atoms with van der Waals surface area (Å²) >= 11 is 7.81. The summed E-state index contributed by atoms with van der Waals surface area (Å²) in [6, 6.07) is 4.32. The molecule has 1 aromatic rings. The van der Waals surface area contributed by atoms with E-state index in [-0.39, 0.29) is 26.9 Å². The minimum atomic E-state index is -0.574. The number of amides is 1. The Labute approximate surface area is 126 Å². The maximum Gasteiger partial charge on any atom is 0.288 e. The standard InChI is InChI=1S/C13H15ClN2O3S/c1-13(2)8-15(6-7-20-13)12(17)9-4-3-5-10(11(9)14)16(18)19/h3-5H,6-8H2,1-2H3. The first-order valence-corrected chi connectivity index (χ1v) is 7.54. The molecule has 0 unspecified atom stereocenters. The molecule has 1 aromatic carbocycles. The van der Waals surface area contributed by atoms with Crippen LogP contribution in [0.4, 0.5) is 5.69 Å². The van der Waals surface area contributed by atoms with Gasteiger partial charge in [-0.05, 0) is 19.9 Å². The van der Waals surface area contributed by atoms with E-state index in [1.54, 1.807) is 4.90 Å². The summed E-state index contributed by atoms with van der Waals surface area (Å²) in [4.78, 5) is 24.5. The number of carbonyl (C=O) groups is 1. The molecule has 2 rings (SSSR count). The Balaban J connectivity index is 2.30. The van der Waals surface area contributed by atoms with Crippen molar-refractivity contribution >= 4 is 35.0 Å². The molecule has 108 valence electrons. The predicted molar refractivity (Wildman–Crippen MR) is 80.5 cm³/mol.